The molecule has 26 heavy (non-hydrogen) atoms. The van der Waals surface area contributed by atoms with Crippen LogP contribution in [0.25, 0.3) is 0 Å². The van der Waals surface area contributed by atoms with Gasteiger partial charge < -0.3 is 10.6 Å². The van der Waals surface area contributed by atoms with Crippen molar-refractivity contribution in [3.05, 3.63) is 46.0 Å². The zero-order valence-electron chi connectivity index (χ0n) is 15.6. The fourth-order valence-corrected chi connectivity index (χ4v) is 3.13. The van der Waals surface area contributed by atoms with Gasteiger partial charge in [0.1, 0.15) is 0 Å². The quantitative estimate of drug-likeness (QED) is 0.664. The Morgan fingerprint density at radius 1 is 1.19 bits per heavy atom. The molecule has 1 aliphatic rings. The van der Waals surface area contributed by atoms with Crippen molar-refractivity contribution in [2.24, 2.45) is 0 Å². The number of rotatable bonds is 7. The van der Waals surface area contributed by atoms with E-state index in [1.165, 1.54) is 5.57 Å². The molecule has 0 spiro atoms. The van der Waals surface area contributed by atoms with Crippen molar-refractivity contribution in [1.29, 1.82) is 0 Å². The van der Waals surface area contributed by atoms with Crippen LogP contribution in [0, 0.1) is 0 Å². The van der Waals surface area contributed by atoms with Gasteiger partial charge in [0.2, 0.25) is 5.91 Å². The molecule has 5 nitrogen and oxygen atoms in total. The van der Waals surface area contributed by atoms with E-state index in [-0.39, 0.29) is 17.9 Å². The normalized spacial score (nSPS) is 15.3. The molecule has 1 aromatic carbocycles. The summed E-state index contributed by atoms with van der Waals surface area (Å²) in [6, 6.07) is 7.40. The van der Waals surface area contributed by atoms with Gasteiger partial charge in [-0.2, -0.15) is 0 Å². The van der Waals surface area contributed by atoms with Crippen molar-refractivity contribution in [3.8, 4) is 0 Å². The average Bonchev–Trinajstić information content (AvgIpc) is 2.61. The molecule has 2 rings (SSSR count). The van der Waals surface area contributed by atoms with E-state index >= 15 is 0 Å². The molecule has 0 aromatic heterocycles. The van der Waals surface area contributed by atoms with E-state index in [1.807, 2.05) is 12.1 Å². The Labute approximate surface area is 164 Å². The molecule has 0 radical (unpaired) electrons. The Morgan fingerprint density at radius 2 is 1.85 bits per heavy atom. The van der Waals surface area contributed by atoms with Crippen molar-refractivity contribution in [3.63, 3.8) is 0 Å². The van der Waals surface area contributed by atoms with Crippen molar-refractivity contribution in [2.45, 2.75) is 39.2 Å². The lowest BCUT2D eigenvalue weighted by Gasteiger charge is -2.31. The fourth-order valence-electron chi connectivity index (χ4n) is 2.86. The molecule has 1 aromatic rings. The summed E-state index contributed by atoms with van der Waals surface area (Å²) in [6.07, 6.45) is 4.51. The largest absolute Gasteiger partial charge is 0.353 e. The molecule has 2 amide bonds. The third-order valence-corrected chi connectivity index (χ3v) is 4.98. The topological polar surface area (TPSA) is 61.4 Å². The van der Waals surface area contributed by atoms with Crippen molar-refractivity contribution in [2.75, 3.05) is 26.2 Å². The summed E-state index contributed by atoms with van der Waals surface area (Å²) >= 11 is 3.34. The van der Waals surface area contributed by atoms with Gasteiger partial charge in [-0.25, -0.2) is 0 Å². The predicted molar refractivity (Wildman–Crippen MR) is 108 cm³/mol. The van der Waals surface area contributed by atoms with Crippen LogP contribution in [-0.4, -0.2) is 48.9 Å². The lowest BCUT2D eigenvalue weighted by atomic mass is 10.0. The minimum Gasteiger partial charge on any atom is -0.353 e. The smallest absolute Gasteiger partial charge is 0.251 e. The third kappa shape index (κ3) is 7.30. The van der Waals surface area contributed by atoms with Crippen LogP contribution in [-0.2, 0) is 4.79 Å². The summed E-state index contributed by atoms with van der Waals surface area (Å²) < 4.78 is 0.931. The number of amides is 2. The van der Waals surface area contributed by atoms with Crippen LogP contribution in [0.3, 0.4) is 0 Å². The summed E-state index contributed by atoms with van der Waals surface area (Å²) in [7, 11) is 0. The molecular formula is C20H28BrN3O2. The molecule has 0 aliphatic carbocycles. The first-order valence-corrected chi connectivity index (χ1v) is 9.92. The number of allylic oxidation sites excluding steroid dienone is 1. The van der Waals surface area contributed by atoms with Gasteiger partial charge in [-0.15, -0.1) is 0 Å². The summed E-state index contributed by atoms with van der Waals surface area (Å²) in [6.45, 7) is 7.58. The predicted octanol–water partition coefficient (Wildman–Crippen LogP) is 3.12. The number of carbonyl (C=O) groups excluding carboxylic acids is 2. The van der Waals surface area contributed by atoms with Crippen LogP contribution in [0.4, 0.5) is 0 Å². The molecule has 0 unspecified atom stereocenters. The van der Waals surface area contributed by atoms with E-state index < -0.39 is 0 Å². The third-order valence-electron chi connectivity index (χ3n) is 4.45. The Kier molecular flexibility index (Phi) is 8.32. The zero-order chi connectivity index (χ0) is 18.9. The monoisotopic (exact) mass is 421 g/mol. The first-order chi connectivity index (χ1) is 12.4. The number of piperidine rings is 1. The second-order valence-corrected chi connectivity index (χ2v) is 7.85. The van der Waals surface area contributed by atoms with Crippen LogP contribution >= 0.6 is 15.9 Å². The Balaban J connectivity index is 1.63. The minimum atomic E-state index is -0.155. The Bertz CT molecular complexity index is 631. The molecule has 1 saturated heterocycles. The Morgan fingerprint density at radius 3 is 2.46 bits per heavy atom. The number of halogens is 1. The lowest BCUT2D eigenvalue weighted by molar-refractivity contribution is -0.121. The van der Waals surface area contributed by atoms with Crippen LogP contribution in [0.1, 0.15) is 43.5 Å². The van der Waals surface area contributed by atoms with Gasteiger partial charge in [0.15, 0.2) is 0 Å². The summed E-state index contributed by atoms with van der Waals surface area (Å²) in [5.41, 5.74) is 1.93. The number of hydrogen-bond acceptors (Lipinski definition) is 3. The van der Waals surface area contributed by atoms with E-state index in [1.54, 1.807) is 12.1 Å². The SMILES string of the molecule is CC(C)=CCN1CCC(NC(=O)CCNC(=O)c2ccc(Br)cc2)CC1. The molecule has 6 heteroatoms. The van der Waals surface area contributed by atoms with Gasteiger partial charge in [-0.3, -0.25) is 14.5 Å². The van der Waals surface area contributed by atoms with Gasteiger partial charge in [-0.05, 0) is 51.0 Å². The molecule has 0 bridgehead atoms. The molecule has 0 atom stereocenters. The molecule has 142 valence electrons. The van der Waals surface area contributed by atoms with Gasteiger partial charge in [-0.1, -0.05) is 27.6 Å². The van der Waals surface area contributed by atoms with E-state index in [2.05, 4.69) is 51.4 Å². The number of benzene rings is 1. The first-order valence-electron chi connectivity index (χ1n) is 9.13. The van der Waals surface area contributed by atoms with Gasteiger partial charge >= 0.3 is 0 Å². The number of nitrogens with one attached hydrogen (secondary N) is 2. The van der Waals surface area contributed by atoms with Crippen LogP contribution < -0.4 is 10.6 Å². The van der Waals surface area contributed by atoms with E-state index in [0.29, 0.717) is 18.5 Å². The maximum Gasteiger partial charge on any atom is 0.251 e. The summed E-state index contributed by atoms with van der Waals surface area (Å²) in [5, 5.41) is 5.88. The fraction of sp³-hybridized carbons (Fsp3) is 0.500. The van der Waals surface area contributed by atoms with Crippen LogP contribution in [0.2, 0.25) is 0 Å². The van der Waals surface area contributed by atoms with E-state index in [0.717, 1.165) is 36.9 Å². The first kappa shape index (κ1) is 20.6. The van der Waals surface area contributed by atoms with E-state index in [9.17, 15) is 9.59 Å². The standard InChI is InChI=1S/C20H28BrN3O2/c1-15(2)8-12-24-13-9-18(10-14-24)23-19(25)7-11-22-20(26)16-3-5-17(21)6-4-16/h3-6,8,18H,7,9-14H2,1-2H3,(H,22,26)(H,23,25). The number of nitrogens with zero attached hydrogens (tertiary/aromatic N) is 1. The number of likely N-dealkylation sites (tertiary alicyclic amines) is 1. The second-order valence-electron chi connectivity index (χ2n) is 6.94. The summed E-state index contributed by atoms with van der Waals surface area (Å²) in [4.78, 5) is 26.5. The van der Waals surface area contributed by atoms with Crippen LogP contribution in [0.5, 0.6) is 0 Å². The van der Waals surface area contributed by atoms with Crippen molar-refractivity contribution < 1.29 is 9.59 Å². The summed E-state index contributed by atoms with van der Waals surface area (Å²) in [5.74, 6) is -0.151. The van der Waals surface area contributed by atoms with Crippen molar-refractivity contribution in [1.82, 2.24) is 15.5 Å². The van der Waals surface area contributed by atoms with Gasteiger partial charge in [0.05, 0.1) is 0 Å². The van der Waals surface area contributed by atoms with Gasteiger partial charge in [0.25, 0.3) is 5.91 Å². The molecule has 1 heterocycles. The Hall–Kier alpha value is -1.66. The molecule has 1 aliphatic heterocycles. The van der Waals surface area contributed by atoms with Crippen LogP contribution in [0.15, 0.2) is 40.4 Å². The number of hydrogen-bond donors (Lipinski definition) is 2. The average molecular weight is 422 g/mol. The zero-order valence-corrected chi connectivity index (χ0v) is 17.1. The molecular weight excluding hydrogens is 394 g/mol. The highest BCUT2D eigenvalue weighted by Crippen LogP contribution is 2.11. The highest BCUT2D eigenvalue weighted by atomic mass is 79.9. The minimum absolute atomic E-state index is 0.00357. The molecule has 2 N–H and O–H groups in total. The highest BCUT2D eigenvalue weighted by Gasteiger charge is 2.19. The highest BCUT2D eigenvalue weighted by molar-refractivity contribution is 9.10. The maximum absolute atomic E-state index is 12.1. The van der Waals surface area contributed by atoms with Crippen molar-refractivity contribution >= 4 is 27.7 Å². The van der Waals surface area contributed by atoms with Gasteiger partial charge in [0, 0.05) is 48.7 Å². The van der Waals surface area contributed by atoms with E-state index in [4.69, 9.17) is 0 Å². The molecule has 1 fully saturated rings. The number of carbonyl (C=O) groups is 2. The second kappa shape index (κ2) is 10.5. The lowest BCUT2D eigenvalue weighted by Crippen LogP contribution is -2.45. The molecule has 0 saturated carbocycles. The maximum atomic E-state index is 12.1.